The summed E-state index contributed by atoms with van der Waals surface area (Å²) < 4.78 is 0. The van der Waals surface area contributed by atoms with Crippen LogP contribution >= 0.6 is 0 Å². The molecule has 2 aromatic rings. The monoisotopic (exact) mass is 311 g/mol. The molecule has 0 aliphatic carbocycles. The minimum atomic E-state index is -0.906. The second-order valence-electron chi connectivity index (χ2n) is 6.05. The Kier molecular flexibility index (Phi) is 4.74. The van der Waals surface area contributed by atoms with E-state index in [0.717, 1.165) is 43.6 Å². The lowest BCUT2D eigenvalue weighted by atomic mass is 9.98. The summed E-state index contributed by atoms with van der Waals surface area (Å²) in [6.07, 6.45) is 1.52. The van der Waals surface area contributed by atoms with E-state index in [9.17, 15) is 15.0 Å². The van der Waals surface area contributed by atoms with E-state index in [1.54, 1.807) is 12.1 Å². The minimum absolute atomic E-state index is 0.152. The molecule has 0 aromatic heterocycles. The number of benzene rings is 2. The molecule has 4 heteroatoms. The summed E-state index contributed by atoms with van der Waals surface area (Å²) >= 11 is 0. The number of carboxylic acids is 1. The van der Waals surface area contributed by atoms with Crippen molar-refractivity contribution in [3.8, 4) is 11.1 Å². The van der Waals surface area contributed by atoms with Crippen LogP contribution in [0.3, 0.4) is 0 Å². The number of hydrogen-bond donors (Lipinski definition) is 2. The molecule has 0 saturated carbocycles. The van der Waals surface area contributed by atoms with Crippen LogP contribution in [-0.2, 0) is 6.54 Å². The van der Waals surface area contributed by atoms with Gasteiger partial charge in [0.1, 0.15) is 0 Å². The number of carbonyl (C=O) groups is 1. The third-order valence-corrected chi connectivity index (χ3v) is 4.39. The molecule has 0 bridgehead atoms. The molecule has 1 aliphatic heterocycles. The number of likely N-dealkylation sites (tertiary alicyclic amines) is 1. The number of aliphatic hydroxyl groups is 1. The van der Waals surface area contributed by atoms with Crippen LogP contribution < -0.4 is 0 Å². The van der Waals surface area contributed by atoms with Crippen molar-refractivity contribution in [2.45, 2.75) is 25.5 Å². The van der Waals surface area contributed by atoms with Gasteiger partial charge in [0.25, 0.3) is 0 Å². The average molecular weight is 311 g/mol. The van der Waals surface area contributed by atoms with Crippen LogP contribution in [0.1, 0.15) is 28.8 Å². The Labute approximate surface area is 136 Å². The van der Waals surface area contributed by atoms with Gasteiger partial charge in [0, 0.05) is 19.6 Å². The Hall–Kier alpha value is -2.17. The molecule has 1 saturated heterocycles. The molecule has 2 aromatic carbocycles. The second-order valence-corrected chi connectivity index (χ2v) is 6.05. The quantitative estimate of drug-likeness (QED) is 0.911. The fraction of sp³-hybridized carbons (Fsp3) is 0.316. The molecule has 120 valence electrons. The van der Waals surface area contributed by atoms with Gasteiger partial charge in [-0.2, -0.15) is 0 Å². The summed E-state index contributed by atoms with van der Waals surface area (Å²) in [5, 5.41) is 18.8. The van der Waals surface area contributed by atoms with Crippen molar-refractivity contribution < 1.29 is 15.0 Å². The Morgan fingerprint density at radius 3 is 2.35 bits per heavy atom. The lowest BCUT2D eigenvalue weighted by molar-refractivity contribution is 0.0697. The molecule has 2 N–H and O–H groups in total. The van der Waals surface area contributed by atoms with E-state index in [-0.39, 0.29) is 6.10 Å². The van der Waals surface area contributed by atoms with E-state index in [2.05, 4.69) is 17.0 Å². The summed E-state index contributed by atoms with van der Waals surface area (Å²) in [5.41, 5.74) is 3.19. The van der Waals surface area contributed by atoms with Crippen LogP contribution in [0, 0.1) is 0 Å². The molecule has 23 heavy (non-hydrogen) atoms. The van der Waals surface area contributed by atoms with Crippen molar-refractivity contribution in [1.82, 2.24) is 4.90 Å². The topological polar surface area (TPSA) is 60.8 Å². The van der Waals surface area contributed by atoms with Crippen LogP contribution in [0.2, 0.25) is 0 Å². The van der Waals surface area contributed by atoms with Gasteiger partial charge in [-0.1, -0.05) is 42.5 Å². The normalized spacial score (nSPS) is 16.4. The van der Waals surface area contributed by atoms with Crippen LogP contribution in [0.5, 0.6) is 0 Å². The number of rotatable bonds is 4. The third kappa shape index (κ3) is 3.78. The predicted molar refractivity (Wildman–Crippen MR) is 89.4 cm³/mol. The van der Waals surface area contributed by atoms with Gasteiger partial charge in [-0.15, -0.1) is 0 Å². The number of aromatic carboxylic acids is 1. The lowest BCUT2D eigenvalue weighted by Crippen LogP contribution is -2.35. The first kappa shape index (κ1) is 15.7. The predicted octanol–water partition coefficient (Wildman–Crippen LogP) is 3.01. The summed E-state index contributed by atoms with van der Waals surface area (Å²) in [5.74, 6) is -0.906. The molecule has 1 aliphatic rings. The van der Waals surface area contributed by atoms with Crippen molar-refractivity contribution in [1.29, 1.82) is 0 Å². The number of aliphatic hydroxyl groups excluding tert-OH is 1. The summed E-state index contributed by atoms with van der Waals surface area (Å²) in [7, 11) is 0. The van der Waals surface area contributed by atoms with Crippen LogP contribution in [0.4, 0.5) is 0 Å². The Morgan fingerprint density at radius 2 is 1.70 bits per heavy atom. The fourth-order valence-corrected chi connectivity index (χ4v) is 3.05. The maximum atomic E-state index is 11.3. The molecule has 0 amide bonds. The molecule has 1 heterocycles. The molecule has 0 unspecified atom stereocenters. The fourth-order valence-electron chi connectivity index (χ4n) is 3.05. The highest BCUT2D eigenvalue weighted by Gasteiger charge is 2.17. The molecule has 0 radical (unpaired) electrons. The highest BCUT2D eigenvalue weighted by atomic mass is 16.4. The summed E-state index contributed by atoms with van der Waals surface area (Å²) in [6, 6.07) is 15.1. The van der Waals surface area contributed by atoms with E-state index < -0.39 is 5.97 Å². The number of nitrogens with zero attached hydrogens (tertiary/aromatic N) is 1. The smallest absolute Gasteiger partial charge is 0.336 e. The average Bonchev–Trinajstić information content (AvgIpc) is 2.58. The van der Waals surface area contributed by atoms with Crippen LogP contribution in [-0.4, -0.2) is 40.3 Å². The minimum Gasteiger partial charge on any atom is -0.478 e. The van der Waals surface area contributed by atoms with Crippen molar-refractivity contribution in [2.75, 3.05) is 13.1 Å². The van der Waals surface area contributed by atoms with E-state index in [1.165, 1.54) is 5.56 Å². The molecule has 3 rings (SSSR count). The van der Waals surface area contributed by atoms with Crippen LogP contribution in [0.15, 0.2) is 48.5 Å². The Morgan fingerprint density at radius 1 is 1.04 bits per heavy atom. The summed E-state index contributed by atoms with van der Waals surface area (Å²) in [4.78, 5) is 13.7. The van der Waals surface area contributed by atoms with Gasteiger partial charge in [-0.3, -0.25) is 4.90 Å². The van der Waals surface area contributed by atoms with Gasteiger partial charge in [0.05, 0.1) is 11.7 Å². The standard InChI is InChI=1S/C19H21NO3/c21-16-9-11-20(12-10-16)13-14-5-7-15(8-6-14)17-3-1-2-4-18(17)19(22)23/h1-8,16,21H,9-13H2,(H,22,23). The van der Waals surface area contributed by atoms with Gasteiger partial charge in [-0.25, -0.2) is 4.79 Å². The first-order valence-electron chi connectivity index (χ1n) is 7.95. The van der Waals surface area contributed by atoms with Crippen molar-refractivity contribution in [3.05, 3.63) is 59.7 Å². The van der Waals surface area contributed by atoms with Gasteiger partial charge in [0.2, 0.25) is 0 Å². The Bertz CT molecular complexity index is 673. The van der Waals surface area contributed by atoms with Gasteiger partial charge in [-0.05, 0) is 35.6 Å². The van der Waals surface area contributed by atoms with Gasteiger partial charge < -0.3 is 10.2 Å². The third-order valence-electron chi connectivity index (χ3n) is 4.39. The number of hydrogen-bond acceptors (Lipinski definition) is 3. The molecular formula is C19H21NO3. The van der Waals surface area contributed by atoms with E-state index in [1.807, 2.05) is 24.3 Å². The van der Waals surface area contributed by atoms with Crippen molar-refractivity contribution >= 4 is 5.97 Å². The highest BCUT2D eigenvalue weighted by molar-refractivity contribution is 5.95. The maximum absolute atomic E-state index is 11.3. The zero-order valence-electron chi connectivity index (χ0n) is 13.0. The van der Waals surface area contributed by atoms with Gasteiger partial charge >= 0.3 is 5.97 Å². The molecular weight excluding hydrogens is 290 g/mol. The largest absolute Gasteiger partial charge is 0.478 e. The van der Waals surface area contributed by atoms with E-state index >= 15 is 0 Å². The summed E-state index contributed by atoms with van der Waals surface area (Å²) in [6.45, 7) is 2.71. The lowest BCUT2D eigenvalue weighted by Gasteiger charge is -2.29. The Balaban J connectivity index is 1.74. The van der Waals surface area contributed by atoms with Gasteiger partial charge in [0.15, 0.2) is 0 Å². The molecule has 0 atom stereocenters. The van der Waals surface area contributed by atoms with Crippen LogP contribution in [0.25, 0.3) is 11.1 Å². The first-order chi connectivity index (χ1) is 11.1. The molecule has 1 fully saturated rings. The SMILES string of the molecule is O=C(O)c1ccccc1-c1ccc(CN2CCC(O)CC2)cc1. The van der Waals surface area contributed by atoms with Crippen molar-refractivity contribution in [3.63, 3.8) is 0 Å². The van der Waals surface area contributed by atoms with E-state index in [4.69, 9.17) is 0 Å². The molecule has 4 nitrogen and oxygen atoms in total. The highest BCUT2D eigenvalue weighted by Crippen LogP contribution is 2.24. The zero-order valence-corrected chi connectivity index (χ0v) is 13.0. The maximum Gasteiger partial charge on any atom is 0.336 e. The van der Waals surface area contributed by atoms with E-state index in [0.29, 0.717) is 5.56 Å². The molecule has 0 spiro atoms. The second kappa shape index (κ2) is 6.94. The zero-order chi connectivity index (χ0) is 16.2. The van der Waals surface area contributed by atoms with Crippen molar-refractivity contribution in [2.24, 2.45) is 0 Å². The first-order valence-corrected chi connectivity index (χ1v) is 7.95. The number of carboxylic acid groups (broad SMARTS) is 1. The number of piperidine rings is 1.